The molecule has 0 saturated heterocycles. The third-order valence-electron chi connectivity index (χ3n) is 4.46. The molecule has 2 atom stereocenters. The first kappa shape index (κ1) is 22.1. The Balaban J connectivity index is 2.17. The van der Waals surface area contributed by atoms with Crippen LogP contribution in [0.3, 0.4) is 0 Å². The summed E-state index contributed by atoms with van der Waals surface area (Å²) in [6.07, 6.45) is 2.23. The Kier molecular flexibility index (Phi) is 6.66. The van der Waals surface area contributed by atoms with Crippen molar-refractivity contribution in [2.24, 2.45) is 0 Å². The highest BCUT2D eigenvalue weighted by atomic mass is 32.2. The Morgan fingerprint density at radius 3 is 2.39 bits per heavy atom. The number of nitrogens with one attached hydrogen (secondary N) is 2. The fourth-order valence-electron chi connectivity index (χ4n) is 3.12. The van der Waals surface area contributed by atoms with Crippen molar-refractivity contribution in [3.8, 4) is 0 Å². The van der Waals surface area contributed by atoms with Crippen molar-refractivity contribution in [3.05, 3.63) is 33.9 Å². The van der Waals surface area contributed by atoms with E-state index in [-0.39, 0.29) is 10.6 Å². The molecule has 2 N–H and O–H groups in total. The van der Waals surface area contributed by atoms with Gasteiger partial charge in [0.15, 0.2) is 0 Å². The number of nitro groups is 1. The average Bonchev–Trinajstić information content (AvgIpc) is 2.54. The monoisotopic (exact) mass is 413 g/mol. The van der Waals surface area contributed by atoms with Crippen molar-refractivity contribution >= 4 is 21.8 Å². The van der Waals surface area contributed by atoms with E-state index in [1.54, 1.807) is 27.7 Å². The van der Waals surface area contributed by atoms with Crippen molar-refractivity contribution in [2.45, 2.75) is 76.0 Å². The lowest BCUT2D eigenvalue weighted by Gasteiger charge is -2.33. The minimum Gasteiger partial charge on any atom is -0.444 e. The van der Waals surface area contributed by atoms with Gasteiger partial charge < -0.3 is 10.1 Å². The zero-order valence-corrected chi connectivity index (χ0v) is 17.3. The largest absolute Gasteiger partial charge is 0.444 e. The SMILES string of the molecule is Cc1ccc(S(=O)(=O)N[C@@H]2CCCC[C@@H]2NC(=O)OC(C)(C)C)cc1[N+](=O)[O-]. The summed E-state index contributed by atoms with van der Waals surface area (Å²) in [7, 11) is -3.98. The van der Waals surface area contributed by atoms with E-state index in [1.165, 1.54) is 12.1 Å². The van der Waals surface area contributed by atoms with Crippen LogP contribution in [0.4, 0.5) is 10.5 Å². The lowest BCUT2D eigenvalue weighted by atomic mass is 9.91. The summed E-state index contributed by atoms with van der Waals surface area (Å²) in [5.74, 6) is 0. The van der Waals surface area contributed by atoms with E-state index in [0.717, 1.165) is 18.9 Å². The number of ether oxygens (including phenoxy) is 1. The van der Waals surface area contributed by atoms with Gasteiger partial charge in [0, 0.05) is 23.7 Å². The van der Waals surface area contributed by atoms with Gasteiger partial charge in [-0.15, -0.1) is 0 Å². The smallest absolute Gasteiger partial charge is 0.407 e. The molecule has 0 heterocycles. The van der Waals surface area contributed by atoms with Gasteiger partial charge in [-0.2, -0.15) is 0 Å². The molecule has 1 fully saturated rings. The minimum absolute atomic E-state index is 0.175. The Labute approximate surface area is 165 Å². The Bertz CT molecular complexity index is 847. The molecule has 1 aromatic carbocycles. The number of hydrogen-bond acceptors (Lipinski definition) is 6. The lowest BCUT2D eigenvalue weighted by Crippen LogP contribution is -2.53. The second-order valence-electron chi connectivity index (χ2n) is 7.97. The molecule has 0 bridgehead atoms. The summed E-state index contributed by atoms with van der Waals surface area (Å²) in [6, 6.07) is 2.86. The van der Waals surface area contributed by atoms with E-state index in [1.807, 2.05) is 0 Å². The molecule has 1 saturated carbocycles. The summed E-state index contributed by atoms with van der Waals surface area (Å²) in [5, 5.41) is 13.8. The Morgan fingerprint density at radius 2 is 1.82 bits per heavy atom. The van der Waals surface area contributed by atoms with Crippen molar-refractivity contribution in [3.63, 3.8) is 0 Å². The molecule has 0 aromatic heterocycles. The second-order valence-corrected chi connectivity index (χ2v) is 9.68. The molecule has 2 rings (SSSR count). The van der Waals surface area contributed by atoms with Crippen LogP contribution in [0.5, 0.6) is 0 Å². The molecular weight excluding hydrogens is 386 g/mol. The van der Waals surface area contributed by atoms with Gasteiger partial charge in [-0.1, -0.05) is 18.9 Å². The second kappa shape index (κ2) is 8.44. The van der Waals surface area contributed by atoms with Gasteiger partial charge in [0.2, 0.25) is 10.0 Å². The summed E-state index contributed by atoms with van der Waals surface area (Å²) in [5.41, 5.74) is -0.532. The molecule has 0 radical (unpaired) electrons. The summed E-state index contributed by atoms with van der Waals surface area (Å²) in [6.45, 7) is 6.79. The summed E-state index contributed by atoms with van der Waals surface area (Å²) >= 11 is 0. The number of sulfonamides is 1. The van der Waals surface area contributed by atoms with Crippen molar-refractivity contribution in [1.82, 2.24) is 10.0 Å². The standard InChI is InChI=1S/C18H27N3O6S/c1-12-9-10-13(11-16(12)21(23)24)28(25,26)20-15-8-6-5-7-14(15)19-17(22)27-18(2,3)4/h9-11,14-15,20H,5-8H2,1-4H3,(H,19,22)/t14-,15+/m0/s1. The summed E-state index contributed by atoms with van der Waals surface area (Å²) in [4.78, 5) is 22.4. The number of benzene rings is 1. The van der Waals surface area contributed by atoms with Crippen LogP contribution in [0.25, 0.3) is 0 Å². The van der Waals surface area contributed by atoms with Crippen LogP contribution in [0.15, 0.2) is 23.1 Å². The van der Waals surface area contributed by atoms with E-state index in [2.05, 4.69) is 10.0 Å². The summed E-state index contributed by atoms with van der Waals surface area (Å²) < 4.78 is 33.4. The van der Waals surface area contributed by atoms with Gasteiger partial charge >= 0.3 is 6.09 Å². The van der Waals surface area contributed by atoms with E-state index in [0.29, 0.717) is 18.4 Å². The number of nitro benzene ring substituents is 1. The molecule has 9 nitrogen and oxygen atoms in total. The van der Waals surface area contributed by atoms with Gasteiger partial charge in [-0.3, -0.25) is 10.1 Å². The zero-order chi connectivity index (χ0) is 21.1. The Hall–Kier alpha value is -2.20. The number of alkyl carbamates (subject to hydrolysis) is 1. The molecule has 0 unspecified atom stereocenters. The van der Waals surface area contributed by atoms with Gasteiger partial charge in [-0.05, 0) is 46.6 Å². The quantitative estimate of drug-likeness (QED) is 0.564. The number of carbonyl (C=O) groups excluding carboxylic acids is 1. The van der Waals surface area contributed by atoms with Gasteiger partial charge in [-0.25, -0.2) is 17.9 Å². The van der Waals surface area contributed by atoms with Crippen LogP contribution in [0.1, 0.15) is 52.0 Å². The number of aryl methyl sites for hydroxylation is 1. The Morgan fingerprint density at radius 1 is 1.21 bits per heavy atom. The van der Waals surface area contributed by atoms with Crippen LogP contribution < -0.4 is 10.0 Å². The number of amides is 1. The maximum absolute atomic E-state index is 12.8. The lowest BCUT2D eigenvalue weighted by molar-refractivity contribution is -0.385. The maximum Gasteiger partial charge on any atom is 0.407 e. The van der Waals surface area contributed by atoms with Crippen LogP contribution >= 0.6 is 0 Å². The average molecular weight is 413 g/mol. The highest BCUT2D eigenvalue weighted by molar-refractivity contribution is 7.89. The van der Waals surface area contributed by atoms with Crippen LogP contribution in [-0.4, -0.2) is 37.1 Å². The predicted octanol–water partition coefficient (Wildman–Crippen LogP) is 3.02. The highest BCUT2D eigenvalue weighted by Gasteiger charge is 2.32. The van der Waals surface area contributed by atoms with Crippen LogP contribution in [0, 0.1) is 17.0 Å². The fraction of sp³-hybridized carbons (Fsp3) is 0.611. The molecule has 0 spiro atoms. The van der Waals surface area contributed by atoms with Gasteiger partial charge in [0.05, 0.1) is 9.82 Å². The van der Waals surface area contributed by atoms with Gasteiger partial charge in [0.25, 0.3) is 5.69 Å². The normalized spacial score (nSPS) is 20.4. The highest BCUT2D eigenvalue weighted by Crippen LogP contribution is 2.25. The number of rotatable bonds is 5. The van der Waals surface area contributed by atoms with Crippen molar-refractivity contribution in [1.29, 1.82) is 0 Å². The minimum atomic E-state index is -3.98. The molecule has 0 aliphatic heterocycles. The van der Waals surface area contributed by atoms with Gasteiger partial charge in [0.1, 0.15) is 5.60 Å². The third kappa shape index (κ3) is 5.90. The van der Waals surface area contributed by atoms with E-state index in [4.69, 9.17) is 4.74 Å². The molecule has 1 aliphatic rings. The van der Waals surface area contributed by atoms with Crippen LogP contribution in [0.2, 0.25) is 0 Å². The molecule has 156 valence electrons. The number of nitrogens with zero attached hydrogens (tertiary/aromatic N) is 1. The van der Waals surface area contributed by atoms with Crippen LogP contribution in [-0.2, 0) is 14.8 Å². The molecule has 1 aromatic rings. The van der Waals surface area contributed by atoms with E-state index in [9.17, 15) is 23.3 Å². The topological polar surface area (TPSA) is 128 Å². The molecule has 10 heteroatoms. The first-order valence-corrected chi connectivity index (χ1v) is 10.6. The molecule has 1 aliphatic carbocycles. The number of carbonyl (C=O) groups is 1. The van der Waals surface area contributed by atoms with Crippen molar-refractivity contribution < 1.29 is 22.9 Å². The predicted molar refractivity (Wildman–Crippen MR) is 104 cm³/mol. The first-order chi connectivity index (χ1) is 12.9. The maximum atomic E-state index is 12.8. The fourth-order valence-corrected chi connectivity index (χ4v) is 4.45. The van der Waals surface area contributed by atoms with E-state index < -0.39 is 38.7 Å². The molecular formula is C18H27N3O6S. The molecule has 1 amide bonds. The molecule has 28 heavy (non-hydrogen) atoms. The van der Waals surface area contributed by atoms with E-state index >= 15 is 0 Å². The first-order valence-electron chi connectivity index (χ1n) is 9.16. The van der Waals surface area contributed by atoms with Crippen molar-refractivity contribution in [2.75, 3.05) is 0 Å². The number of hydrogen-bond donors (Lipinski definition) is 2. The zero-order valence-electron chi connectivity index (χ0n) is 16.5. The third-order valence-corrected chi connectivity index (χ3v) is 5.95.